The Hall–Kier alpha value is -0.160. The number of nitriles is 1. The molecule has 0 radical (unpaired) electrons. The lowest BCUT2D eigenvalue weighted by molar-refractivity contribution is -0.148. The van der Waals surface area contributed by atoms with Gasteiger partial charge in [0.05, 0.1) is 25.7 Å². The van der Waals surface area contributed by atoms with Crippen LogP contribution in [0, 0.1) is 11.3 Å². The van der Waals surface area contributed by atoms with Gasteiger partial charge in [-0.1, -0.05) is 96.2 Å². The Morgan fingerprint density at radius 1 is 0.938 bits per heavy atom. The molecule has 6 nitrogen and oxygen atoms in total. The second kappa shape index (κ2) is 22.6. The van der Waals surface area contributed by atoms with Gasteiger partial charge in [-0.3, -0.25) is 4.79 Å². The van der Waals surface area contributed by atoms with Crippen molar-refractivity contribution in [3.05, 3.63) is 0 Å². The number of hydrogen-bond donors (Lipinski definition) is 1. The van der Waals surface area contributed by atoms with Gasteiger partial charge in [-0.05, 0) is 18.2 Å². The first-order chi connectivity index (χ1) is 15.4. The van der Waals surface area contributed by atoms with Gasteiger partial charge in [0.2, 0.25) is 5.69 Å². The Bertz CT molecular complexity index is 545. The predicted octanol–water partition coefficient (Wildman–Crippen LogP) is 7.13. The molecule has 0 fully saturated rings. The molecule has 0 saturated carbocycles. The van der Waals surface area contributed by atoms with Crippen LogP contribution in [0.1, 0.15) is 103 Å². The van der Waals surface area contributed by atoms with Crippen LogP contribution in [0.2, 0.25) is 0 Å². The van der Waals surface area contributed by atoms with Crippen molar-refractivity contribution in [3.63, 3.8) is 0 Å². The summed E-state index contributed by atoms with van der Waals surface area (Å²) in [5.74, 6) is -0.217. The Labute approximate surface area is 206 Å². The number of nitrogens with zero attached hydrogens (tertiary/aromatic N) is 1. The standard InChI is InChI=1S/C23H44NO5PS2/c1-3-4-5-6-7-8-9-10-11-12-13-14-15-17-23(25)27-20-22(26-2)21-29-30(31,32)28-19-16-18-24/h22H,3-17,19-21H2,1-2H3,(H,31,32). The van der Waals surface area contributed by atoms with Crippen molar-refractivity contribution < 1.29 is 23.3 Å². The van der Waals surface area contributed by atoms with E-state index in [9.17, 15) is 4.79 Å². The maximum atomic E-state index is 11.9. The summed E-state index contributed by atoms with van der Waals surface area (Å²) in [7, 11) is 1.52. The van der Waals surface area contributed by atoms with Gasteiger partial charge in [0.15, 0.2) is 0 Å². The topological polar surface area (TPSA) is 77.8 Å². The Morgan fingerprint density at radius 2 is 1.47 bits per heavy atom. The highest BCUT2D eigenvalue weighted by molar-refractivity contribution is 8.60. The Morgan fingerprint density at radius 3 is 1.97 bits per heavy atom. The van der Waals surface area contributed by atoms with E-state index in [1.165, 1.54) is 77.7 Å². The predicted molar refractivity (Wildman–Crippen MR) is 137 cm³/mol. The SMILES string of the molecule is CCCCCCCCCCCCCCCC(=O)OCC(COP(=S)(S)OCCC#N)OC. The van der Waals surface area contributed by atoms with Crippen LogP contribution >= 0.6 is 17.9 Å². The van der Waals surface area contributed by atoms with Crippen LogP contribution in [0.4, 0.5) is 0 Å². The van der Waals surface area contributed by atoms with Gasteiger partial charge in [-0.15, -0.1) is 0 Å². The zero-order valence-electron chi connectivity index (χ0n) is 20.1. The van der Waals surface area contributed by atoms with Crippen molar-refractivity contribution in [1.29, 1.82) is 5.26 Å². The number of thiol groups is 1. The van der Waals surface area contributed by atoms with Crippen LogP contribution < -0.4 is 0 Å². The summed E-state index contributed by atoms with van der Waals surface area (Å²) >= 11 is 9.36. The van der Waals surface area contributed by atoms with Crippen LogP contribution in [0.3, 0.4) is 0 Å². The number of ether oxygens (including phenoxy) is 2. The number of unbranched alkanes of at least 4 members (excludes halogenated alkanes) is 12. The van der Waals surface area contributed by atoms with Gasteiger partial charge >= 0.3 is 5.97 Å². The van der Waals surface area contributed by atoms with E-state index in [1.807, 2.05) is 6.07 Å². The summed E-state index contributed by atoms with van der Waals surface area (Å²) in [6, 6.07) is 1.97. The summed E-state index contributed by atoms with van der Waals surface area (Å²) < 4.78 is 21.4. The minimum Gasteiger partial charge on any atom is -0.463 e. The molecule has 188 valence electrons. The van der Waals surface area contributed by atoms with Gasteiger partial charge in [0, 0.05) is 13.5 Å². The van der Waals surface area contributed by atoms with E-state index in [0.29, 0.717) is 6.42 Å². The molecule has 2 atom stereocenters. The van der Waals surface area contributed by atoms with E-state index in [1.54, 1.807) is 0 Å². The second-order valence-corrected chi connectivity index (χ2v) is 13.3. The average Bonchev–Trinajstić information content (AvgIpc) is 2.77. The van der Waals surface area contributed by atoms with Crippen molar-refractivity contribution in [2.45, 2.75) is 109 Å². The first-order valence-corrected chi connectivity index (χ1v) is 15.9. The molecule has 0 aromatic heterocycles. The van der Waals surface area contributed by atoms with E-state index < -0.39 is 11.8 Å². The van der Waals surface area contributed by atoms with Crippen molar-refractivity contribution in [3.8, 4) is 6.07 Å². The Balaban J connectivity index is 3.62. The minimum atomic E-state index is -2.72. The molecule has 0 bridgehead atoms. The third-order valence-electron chi connectivity index (χ3n) is 5.14. The van der Waals surface area contributed by atoms with Crippen LogP contribution in [0.25, 0.3) is 0 Å². The van der Waals surface area contributed by atoms with Gasteiger partial charge in [0.25, 0.3) is 0 Å². The summed E-state index contributed by atoms with van der Waals surface area (Å²) in [6.07, 6.45) is 16.8. The molecule has 0 aromatic rings. The molecule has 0 N–H and O–H groups in total. The summed E-state index contributed by atoms with van der Waals surface area (Å²) in [5.41, 5.74) is -2.72. The zero-order valence-corrected chi connectivity index (χ0v) is 22.7. The molecule has 0 heterocycles. The zero-order chi connectivity index (χ0) is 23.9. The number of esters is 1. The molecule has 0 amide bonds. The largest absolute Gasteiger partial charge is 0.463 e. The molecule has 9 heteroatoms. The second-order valence-electron chi connectivity index (χ2n) is 8.04. The fourth-order valence-corrected chi connectivity index (χ4v) is 4.75. The van der Waals surface area contributed by atoms with Gasteiger partial charge in [-0.2, -0.15) is 5.26 Å². The van der Waals surface area contributed by atoms with E-state index in [4.69, 9.17) is 35.6 Å². The highest BCUT2D eigenvalue weighted by atomic mass is 32.9. The normalized spacial score (nSPS) is 13.9. The Kier molecular flexibility index (Phi) is 22.5. The number of carbonyl (C=O) groups excluding carboxylic acids is 1. The van der Waals surface area contributed by atoms with E-state index >= 15 is 0 Å². The minimum absolute atomic E-state index is 0.106. The summed E-state index contributed by atoms with van der Waals surface area (Å²) in [6.45, 7) is 2.67. The lowest BCUT2D eigenvalue weighted by Gasteiger charge is -2.20. The third-order valence-corrected chi connectivity index (χ3v) is 7.45. The van der Waals surface area contributed by atoms with Gasteiger partial charge < -0.3 is 18.5 Å². The number of methoxy groups -OCH3 is 1. The van der Waals surface area contributed by atoms with E-state index in [0.717, 1.165) is 12.8 Å². The highest BCUT2D eigenvalue weighted by Gasteiger charge is 2.18. The smallest absolute Gasteiger partial charge is 0.305 e. The molecule has 0 spiro atoms. The molecule has 0 aliphatic rings. The number of rotatable bonds is 23. The molecule has 0 aliphatic heterocycles. The van der Waals surface area contributed by atoms with Crippen LogP contribution in [0.15, 0.2) is 0 Å². The third kappa shape index (κ3) is 21.7. The van der Waals surface area contributed by atoms with Crippen molar-refractivity contribution >= 4 is 35.7 Å². The first-order valence-electron chi connectivity index (χ1n) is 12.1. The molecule has 2 unspecified atom stereocenters. The summed E-state index contributed by atoms with van der Waals surface area (Å²) in [4.78, 5) is 11.9. The molecule has 32 heavy (non-hydrogen) atoms. The maximum absolute atomic E-state index is 11.9. The maximum Gasteiger partial charge on any atom is 0.305 e. The van der Waals surface area contributed by atoms with Crippen molar-refractivity contribution in [2.24, 2.45) is 0 Å². The number of hydrogen-bond acceptors (Lipinski definition) is 7. The molecular weight excluding hydrogens is 465 g/mol. The number of carbonyl (C=O) groups is 1. The van der Waals surface area contributed by atoms with Crippen molar-refractivity contribution in [2.75, 3.05) is 26.9 Å². The first kappa shape index (κ1) is 31.8. The van der Waals surface area contributed by atoms with E-state index in [-0.39, 0.29) is 32.2 Å². The fourth-order valence-electron chi connectivity index (χ4n) is 3.15. The van der Waals surface area contributed by atoms with E-state index in [2.05, 4.69) is 19.2 Å². The van der Waals surface area contributed by atoms with Crippen LogP contribution in [-0.4, -0.2) is 39.0 Å². The van der Waals surface area contributed by atoms with Crippen LogP contribution in [-0.2, 0) is 35.1 Å². The van der Waals surface area contributed by atoms with Crippen LogP contribution in [0.5, 0.6) is 0 Å². The molecule has 0 rings (SSSR count). The van der Waals surface area contributed by atoms with Gasteiger partial charge in [-0.25, -0.2) is 0 Å². The molecule has 0 aliphatic carbocycles. The lowest BCUT2D eigenvalue weighted by Crippen LogP contribution is -2.25. The fraction of sp³-hybridized carbons (Fsp3) is 0.913. The average molecular weight is 510 g/mol. The summed E-state index contributed by atoms with van der Waals surface area (Å²) in [5, 5.41) is 8.53. The quantitative estimate of drug-likeness (QED) is 0.0679. The van der Waals surface area contributed by atoms with Crippen molar-refractivity contribution in [1.82, 2.24) is 0 Å². The highest BCUT2D eigenvalue weighted by Crippen LogP contribution is 2.53. The monoisotopic (exact) mass is 509 g/mol. The molecular formula is C23H44NO5PS2. The molecule has 0 saturated heterocycles. The van der Waals surface area contributed by atoms with Gasteiger partial charge in [0.1, 0.15) is 12.7 Å². The molecule has 0 aromatic carbocycles. The lowest BCUT2D eigenvalue weighted by atomic mass is 10.0.